The fraction of sp³-hybridized carbons (Fsp3) is 0.929. The highest BCUT2D eigenvalue weighted by Gasteiger charge is 2.40. The fourth-order valence-electron chi connectivity index (χ4n) is 3.01. The van der Waals surface area contributed by atoms with Gasteiger partial charge in [-0.15, -0.1) is 0 Å². The van der Waals surface area contributed by atoms with E-state index >= 15 is 0 Å². The summed E-state index contributed by atoms with van der Waals surface area (Å²) in [5.74, 6) is 3.51. The van der Waals surface area contributed by atoms with Gasteiger partial charge in [-0.05, 0) is 12.2 Å². The maximum atomic E-state index is 5.51. The highest BCUT2D eigenvalue weighted by molar-refractivity contribution is 7.99. The highest BCUT2D eigenvalue weighted by atomic mass is 32.2. The van der Waals surface area contributed by atoms with Gasteiger partial charge >= 0.3 is 0 Å². The maximum Gasteiger partial charge on any atom is 0.195 e. The monoisotopic (exact) mass is 300 g/mol. The molecule has 0 spiro atoms. The molecule has 0 aromatic carbocycles. The SMILES string of the molecule is CN(C)C(=NCC1(N2CCOCC2)CCSC1)N(C)C. The van der Waals surface area contributed by atoms with Crippen LogP contribution in [-0.2, 0) is 4.74 Å². The van der Waals surface area contributed by atoms with Gasteiger partial charge in [-0.25, -0.2) is 0 Å². The average Bonchev–Trinajstić information content (AvgIpc) is 2.89. The molecule has 0 aliphatic carbocycles. The number of aliphatic imine (C=N–C) groups is 1. The van der Waals surface area contributed by atoms with Crippen LogP contribution in [0.4, 0.5) is 0 Å². The Bertz CT molecular complexity index is 324. The van der Waals surface area contributed by atoms with E-state index < -0.39 is 0 Å². The number of morpholine rings is 1. The molecule has 1 unspecified atom stereocenters. The van der Waals surface area contributed by atoms with Gasteiger partial charge in [0.2, 0.25) is 0 Å². The molecule has 2 heterocycles. The lowest BCUT2D eigenvalue weighted by Crippen LogP contribution is -2.56. The smallest absolute Gasteiger partial charge is 0.195 e. The third kappa shape index (κ3) is 3.59. The first-order valence-electron chi connectivity index (χ1n) is 7.35. The molecule has 2 fully saturated rings. The number of hydrogen-bond acceptors (Lipinski definition) is 4. The molecular weight excluding hydrogens is 272 g/mol. The molecular formula is C14H28N4OS. The topological polar surface area (TPSA) is 31.3 Å². The van der Waals surface area contributed by atoms with E-state index in [2.05, 4.69) is 54.7 Å². The van der Waals surface area contributed by atoms with E-state index in [0.29, 0.717) is 0 Å². The Hall–Kier alpha value is -0.460. The Morgan fingerprint density at radius 2 is 1.85 bits per heavy atom. The lowest BCUT2D eigenvalue weighted by molar-refractivity contribution is -0.0105. The van der Waals surface area contributed by atoms with Crippen LogP contribution in [0.3, 0.4) is 0 Å². The van der Waals surface area contributed by atoms with Crippen LogP contribution in [0.2, 0.25) is 0 Å². The number of thioether (sulfide) groups is 1. The number of hydrogen-bond donors (Lipinski definition) is 0. The van der Waals surface area contributed by atoms with Gasteiger partial charge < -0.3 is 14.5 Å². The van der Waals surface area contributed by atoms with Gasteiger partial charge in [-0.2, -0.15) is 11.8 Å². The van der Waals surface area contributed by atoms with Crippen LogP contribution in [0.25, 0.3) is 0 Å². The van der Waals surface area contributed by atoms with Crippen molar-refractivity contribution in [3.63, 3.8) is 0 Å². The molecule has 2 aliphatic rings. The van der Waals surface area contributed by atoms with Gasteiger partial charge in [0.1, 0.15) is 0 Å². The molecule has 0 aromatic rings. The molecule has 5 nitrogen and oxygen atoms in total. The van der Waals surface area contributed by atoms with Gasteiger partial charge in [0.25, 0.3) is 0 Å². The van der Waals surface area contributed by atoms with Crippen molar-refractivity contribution in [2.24, 2.45) is 4.99 Å². The van der Waals surface area contributed by atoms with Crippen molar-refractivity contribution < 1.29 is 4.74 Å². The summed E-state index contributed by atoms with van der Waals surface area (Å²) in [5.41, 5.74) is 0.242. The minimum absolute atomic E-state index is 0.242. The van der Waals surface area contributed by atoms with Crippen LogP contribution < -0.4 is 0 Å². The summed E-state index contributed by atoms with van der Waals surface area (Å²) in [7, 11) is 8.24. The van der Waals surface area contributed by atoms with Crippen molar-refractivity contribution in [3.05, 3.63) is 0 Å². The first kappa shape index (κ1) is 15.9. The molecule has 0 saturated carbocycles. The van der Waals surface area contributed by atoms with Crippen molar-refractivity contribution >= 4 is 17.7 Å². The van der Waals surface area contributed by atoms with Crippen LogP contribution in [0.5, 0.6) is 0 Å². The maximum absolute atomic E-state index is 5.51. The van der Waals surface area contributed by atoms with Crippen molar-refractivity contribution in [1.82, 2.24) is 14.7 Å². The number of guanidine groups is 1. The lowest BCUT2D eigenvalue weighted by Gasteiger charge is -2.42. The minimum atomic E-state index is 0.242. The second-order valence-corrected chi connectivity index (χ2v) is 7.14. The Balaban J connectivity index is 2.10. The van der Waals surface area contributed by atoms with Gasteiger partial charge in [-0.1, -0.05) is 0 Å². The van der Waals surface area contributed by atoms with Crippen LogP contribution in [0.1, 0.15) is 6.42 Å². The van der Waals surface area contributed by atoms with Gasteiger partial charge in [0.05, 0.1) is 25.3 Å². The third-order valence-electron chi connectivity index (χ3n) is 4.08. The summed E-state index contributed by atoms with van der Waals surface area (Å²) in [6, 6.07) is 0. The van der Waals surface area contributed by atoms with Crippen molar-refractivity contribution in [2.45, 2.75) is 12.0 Å². The Morgan fingerprint density at radius 1 is 1.20 bits per heavy atom. The molecule has 116 valence electrons. The van der Waals surface area contributed by atoms with E-state index in [1.807, 2.05) is 0 Å². The zero-order chi connectivity index (χ0) is 14.6. The molecule has 0 bridgehead atoms. The zero-order valence-electron chi connectivity index (χ0n) is 13.3. The summed E-state index contributed by atoms with van der Waals surface area (Å²) in [4.78, 5) is 11.7. The van der Waals surface area contributed by atoms with E-state index in [4.69, 9.17) is 9.73 Å². The third-order valence-corrected chi connectivity index (χ3v) is 5.31. The molecule has 0 amide bonds. The molecule has 20 heavy (non-hydrogen) atoms. The predicted molar refractivity (Wildman–Crippen MR) is 86.7 cm³/mol. The summed E-state index contributed by atoms with van der Waals surface area (Å²) in [6.45, 7) is 4.73. The molecule has 2 aliphatic heterocycles. The fourth-order valence-corrected chi connectivity index (χ4v) is 4.48. The van der Waals surface area contributed by atoms with Crippen LogP contribution in [0.15, 0.2) is 4.99 Å². The Morgan fingerprint density at radius 3 is 2.35 bits per heavy atom. The molecule has 2 saturated heterocycles. The Kier molecular flexibility index (Phi) is 5.57. The predicted octanol–water partition coefficient (Wildman–Crippen LogP) is 0.674. The lowest BCUT2D eigenvalue weighted by atomic mass is 9.96. The van der Waals surface area contributed by atoms with E-state index in [1.165, 1.54) is 17.9 Å². The second-order valence-electron chi connectivity index (χ2n) is 6.03. The first-order valence-corrected chi connectivity index (χ1v) is 8.50. The van der Waals surface area contributed by atoms with E-state index in [-0.39, 0.29) is 5.54 Å². The summed E-state index contributed by atoms with van der Waals surface area (Å²) < 4.78 is 5.51. The van der Waals surface area contributed by atoms with Crippen molar-refractivity contribution in [2.75, 3.05) is 72.5 Å². The quantitative estimate of drug-likeness (QED) is 0.565. The van der Waals surface area contributed by atoms with Gasteiger partial charge in [-0.3, -0.25) is 9.89 Å². The molecule has 1 atom stereocenters. The Labute approximate surface area is 127 Å². The highest BCUT2D eigenvalue weighted by Crippen LogP contribution is 2.34. The number of rotatable bonds is 3. The molecule has 0 aromatic heterocycles. The number of ether oxygens (including phenoxy) is 1. The largest absolute Gasteiger partial charge is 0.379 e. The van der Waals surface area contributed by atoms with E-state index in [1.54, 1.807) is 0 Å². The van der Waals surface area contributed by atoms with Crippen LogP contribution in [0, 0.1) is 0 Å². The first-order chi connectivity index (χ1) is 9.55. The van der Waals surface area contributed by atoms with Gasteiger partial charge in [0.15, 0.2) is 5.96 Å². The molecule has 2 rings (SSSR count). The summed E-state index contributed by atoms with van der Waals surface area (Å²) in [6.07, 6.45) is 1.25. The van der Waals surface area contributed by atoms with Crippen LogP contribution >= 0.6 is 11.8 Å². The number of nitrogens with zero attached hydrogens (tertiary/aromatic N) is 4. The average molecular weight is 300 g/mol. The summed E-state index contributed by atoms with van der Waals surface area (Å²) >= 11 is 2.06. The molecule has 0 N–H and O–H groups in total. The second kappa shape index (κ2) is 7.00. The zero-order valence-corrected chi connectivity index (χ0v) is 14.1. The van der Waals surface area contributed by atoms with E-state index in [9.17, 15) is 0 Å². The van der Waals surface area contributed by atoms with E-state index in [0.717, 1.165) is 38.8 Å². The summed E-state index contributed by atoms with van der Waals surface area (Å²) in [5, 5.41) is 0. The molecule has 0 radical (unpaired) electrons. The van der Waals surface area contributed by atoms with Crippen molar-refractivity contribution in [3.8, 4) is 0 Å². The van der Waals surface area contributed by atoms with Crippen molar-refractivity contribution in [1.29, 1.82) is 0 Å². The molecule has 6 heteroatoms. The minimum Gasteiger partial charge on any atom is -0.379 e. The standard InChI is InChI=1S/C14H28N4OS/c1-16(2)13(17(3)4)15-11-14(5-10-20-12-14)18-6-8-19-9-7-18/h5-12H2,1-4H3. The normalized spacial score (nSPS) is 27.4. The van der Waals surface area contributed by atoms with Crippen LogP contribution in [-0.4, -0.2) is 98.7 Å². The van der Waals surface area contributed by atoms with Gasteiger partial charge in [0, 0.05) is 47.0 Å².